The Morgan fingerprint density at radius 2 is 1.46 bits per heavy atom. The van der Waals surface area contributed by atoms with E-state index < -0.39 is 0 Å². The minimum absolute atomic E-state index is 0.135. The van der Waals surface area contributed by atoms with E-state index in [0.29, 0.717) is 6.61 Å². The van der Waals surface area contributed by atoms with Crippen LogP contribution in [-0.2, 0) is 4.79 Å². The summed E-state index contributed by atoms with van der Waals surface area (Å²) >= 11 is 0. The molecule has 3 aromatic carbocycles. The maximum atomic E-state index is 12.6. The third-order valence-corrected chi connectivity index (χ3v) is 4.33. The first-order valence-corrected chi connectivity index (χ1v) is 9.57. The summed E-state index contributed by atoms with van der Waals surface area (Å²) in [7, 11) is 0. The third-order valence-electron chi connectivity index (χ3n) is 4.33. The second kappa shape index (κ2) is 10.1. The molecule has 0 bridgehead atoms. The van der Waals surface area contributed by atoms with Crippen molar-refractivity contribution in [2.45, 2.75) is 19.4 Å². The monoisotopic (exact) mass is 371 g/mol. The molecule has 0 aromatic heterocycles. The molecule has 3 heteroatoms. The van der Waals surface area contributed by atoms with Crippen LogP contribution in [-0.4, -0.2) is 12.5 Å². The van der Waals surface area contributed by atoms with E-state index in [1.54, 1.807) is 6.08 Å². The van der Waals surface area contributed by atoms with Crippen molar-refractivity contribution in [2.24, 2.45) is 0 Å². The van der Waals surface area contributed by atoms with Gasteiger partial charge in [0.05, 0.1) is 12.6 Å². The molecule has 0 saturated heterocycles. The standard InChI is InChI=1S/C25H25NO2/c1-2-19-28-23-16-13-20(14-17-23)15-18-24(27)26-25(21-9-5-3-6-10-21)22-11-7-4-8-12-22/h3-18,25H,2,19H2,1H3,(H,26,27)/b18-15+. The van der Waals surface area contributed by atoms with Crippen molar-refractivity contribution in [1.82, 2.24) is 5.32 Å². The second-order valence-corrected chi connectivity index (χ2v) is 6.51. The molecule has 0 saturated carbocycles. The average molecular weight is 371 g/mol. The van der Waals surface area contributed by atoms with E-state index in [1.165, 1.54) is 0 Å². The lowest BCUT2D eigenvalue weighted by molar-refractivity contribution is -0.116. The molecule has 0 heterocycles. The first kappa shape index (κ1) is 19.4. The van der Waals surface area contributed by atoms with Gasteiger partial charge >= 0.3 is 0 Å². The van der Waals surface area contributed by atoms with Gasteiger partial charge in [-0.25, -0.2) is 0 Å². The molecule has 0 unspecified atom stereocenters. The van der Waals surface area contributed by atoms with Crippen molar-refractivity contribution in [1.29, 1.82) is 0 Å². The molecular weight excluding hydrogens is 346 g/mol. The lowest BCUT2D eigenvalue weighted by Gasteiger charge is -2.19. The molecule has 3 rings (SSSR count). The molecular formula is C25H25NO2. The molecule has 0 atom stereocenters. The molecule has 0 aliphatic carbocycles. The number of carbonyl (C=O) groups excluding carboxylic acids is 1. The first-order chi connectivity index (χ1) is 13.8. The predicted molar refractivity (Wildman–Crippen MR) is 114 cm³/mol. The highest BCUT2D eigenvalue weighted by Gasteiger charge is 2.15. The highest BCUT2D eigenvalue weighted by molar-refractivity contribution is 5.92. The number of nitrogens with one attached hydrogen (secondary N) is 1. The van der Waals surface area contributed by atoms with Crippen molar-refractivity contribution >= 4 is 12.0 Å². The summed E-state index contributed by atoms with van der Waals surface area (Å²) in [5, 5.41) is 3.11. The van der Waals surface area contributed by atoms with Crippen LogP contribution in [0.4, 0.5) is 0 Å². The Morgan fingerprint density at radius 1 is 0.893 bits per heavy atom. The number of rotatable bonds is 8. The van der Waals surface area contributed by atoms with Gasteiger partial charge in [0.15, 0.2) is 0 Å². The molecule has 0 fully saturated rings. The van der Waals surface area contributed by atoms with Crippen LogP contribution in [0.1, 0.15) is 36.1 Å². The summed E-state index contributed by atoms with van der Waals surface area (Å²) in [5.41, 5.74) is 3.05. The van der Waals surface area contributed by atoms with Gasteiger partial charge in [-0.3, -0.25) is 4.79 Å². The Kier molecular flexibility index (Phi) is 7.02. The molecule has 0 spiro atoms. The molecule has 3 nitrogen and oxygen atoms in total. The fraction of sp³-hybridized carbons (Fsp3) is 0.160. The van der Waals surface area contributed by atoms with Crippen LogP contribution in [0, 0.1) is 0 Å². The van der Waals surface area contributed by atoms with Crippen LogP contribution >= 0.6 is 0 Å². The van der Waals surface area contributed by atoms with Gasteiger partial charge in [0, 0.05) is 6.08 Å². The van der Waals surface area contributed by atoms with Crippen LogP contribution in [0.2, 0.25) is 0 Å². The second-order valence-electron chi connectivity index (χ2n) is 6.51. The van der Waals surface area contributed by atoms with Crippen LogP contribution < -0.4 is 10.1 Å². The zero-order valence-corrected chi connectivity index (χ0v) is 16.0. The van der Waals surface area contributed by atoms with Gasteiger partial charge < -0.3 is 10.1 Å². The van der Waals surface area contributed by atoms with E-state index >= 15 is 0 Å². The summed E-state index contributed by atoms with van der Waals surface area (Å²) in [6.45, 7) is 2.78. The molecule has 142 valence electrons. The molecule has 0 aliphatic heterocycles. The molecule has 1 N–H and O–H groups in total. The van der Waals surface area contributed by atoms with Crippen molar-refractivity contribution in [3.05, 3.63) is 108 Å². The van der Waals surface area contributed by atoms with Crippen LogP contribution in [0.25, 0.3) is 6.08 Å². The highest BCUT2D eigenvalue weighted by Crippen LogP contribution is 2.21. The van der Waals surface area contributed by atoms with Gasteiger partial charge in [0.2, 0.25) is 5.91 Å². The minimum Gasteiger partial charge on any atom is -0.494 e. The molecule has 28 heavy (non-hydrogen) atoms. The Morgan fingerprint density at radius 3 is 2.00 bits per heavy atom. The van der Waals surface area contributed by atoms with Gasteiger partial charge in [-0.2, -0.15) is 0 Å². The third kappa shape index (κ3) is 5.58. The number of amides is 1. The van der Waals surface area contributed by atoms with Crippen LogP contribution in [0.3, 0.4) is 0 Å². The number of benzene rings is 3. The van der Waals surface area contributed by atoms with Crippen molar-refractivity contribution in [3.8, 4) is 5.75 Å². The number of ether oxygens (including phenoxy) is 1. The Bertz CT molecular complexity index is 847. The topological polar surface area (TPSA) is 38.3 Å². The van der Waals surface area contributed by atoms with Crippen LogP contribution in [0.5, 0.6) is 5.75 Å². The van der Waals surface area contributed by atoms with E-state index in [1.807, 2.05) is 91.0 Å². The summed E-state index contributed by atoms with van der Waals surface area (Å²) in [6.07, 6.45) is 4.36. The van der Waals surface area contributed by atoms with Gasteiger partial charge in [0.25, 0.3) is 0 Å². The minimum atomic E-state index is -0.190. The maximum absolute atomic E-state index is 12.6. The summed E-state index contributed by atoms with van der Waals surface area (Å²) in [6, 6.07) is 27.5. The quantitative estimate of drug-likeness (QED) is 0.539. The molecule has 0 radical (unpaired) electrons. The Hall–Kier alpha value is -3.33. The zero-order valence-electron chi connectivity index (χ0n) is 16.0. The van der Waals surface area contributed by atoms with Gasteiger partial charge in [-0.05, 0) is 41.3 Å². The number of carbonyl (C=O) groups is 1. The van der Waals surface area contributed by atoms with Crippen molar-refractivity contribution in [2.75, 3.05) is 6.61 Å². The van der Waals surface area contributed by atoms with Gasteiger partial charge in [-0.15, -0.1) is 0 Å². The van der Waals surface area contributed by atoms with Gasteiger partial charge in [0.1, 0.15) is 5.75 Å². The summed E-state index contributed by atoms with van der Waals surface area (Å²) in [5.74, 6) is 0.709. The summed E-state index contributed by atoms with van der Waals surface area (Å²) < 4.78 is 5.58. The lowest BCUT2D eigenvalue weighted by atomic mass is 9.98. The number of hydrogen-bond acceptors (Lipinski definition) is 2. The lowest BCUT2D eigenvalue weighted by Crippen LogP contribution is -2.27. The molecule has 3 aromatic rings. The van der Waals surface area contributed by atoms with E-state index in [4.69, 9.17) is 4.74 Å². The fourth-order valence-corrected chi connectivity index (χ4v) is 2.91. The molecule has 1 amide bonds. The Balaban J connectivity index is 1.69. The average Bonchev–Trinajstić information content (AvgIpc) is 2.76. The van der Waals surface area contributed by atoms with Crippen LogP contribution in [0.15, 0.2) is 91.0 Å². The zero-order chi connectivity index (χ0) is 19.6. The maximum Gasteiger partial charge on any atom is 0.244 e. The smallest absolute Gasteiger partial charge is 0.244 e. The Labute approximate surface area is 166 Å². The highest BCUT2D eigenvalue weighted by atomic mass is 16.5. The predicted octanol–water partition coefficient (Wildman–Crippen LogP) is 5.39. The van der Waals surface area contributed by atoms with E-state index in [-0.39, 0.29) is 11.9 Å². The normalized spacial score (nSPS) is 10.9. The van der Waals surface area contributed by atoms with E-state index in [2.05, 4.69) is 12.2 Å². The van der Waals surface area contributed by atoms with Crippen molar-refractivity contribution in [3.63, 3.8) is 0 Å². The summed E-state index contributed by atoms with van der Waals surface area (Å²) in [4.78, 5) is 12.6. The van der Waals surface area contributed by atoms with Crippen molar-refractivity contribution < 1.29 is 9.53 Å². The first-order valence-electron chi connectivity index (χ1n) is 9.57. The SMILES string of the molecule is CCCOc1ccc(/C=C/C(=O)NC(c2ccccc2)c2ccccc2)cc1. The largest absolute Gasteiger partial charge is 0.494 e. The fourth-order valence-electron chi connectivity index (χ4n) is 2.91. The van der Waals surface area contributed by atoms with E-state index in [0.717, 1.165) is 28.9 Å². The van der Waals surface area contributed by atoms with Gasteiger partial charge in [-0.1, -0.05) is 79.7 Å². The number of hydrogen-bond donors (Lipinski definition) is 1. The molecule has 0 aliphatic rings. The van der Waals surface area contributed by atoms with E-state index in [9.17, 15) is 4.79 Å².